The van der Waals surface area contributed by atoms with E-state index >= 15 is 0 Å². The van der Waals surface area contributed by atoms with Crippen LogP contribution in [0.5, 0.6) is 0 Å². The molecule has 19 heavy (non-hydrogen) atoms. The first-order valence-corrected chi connectivity index (χ1v) is 7.65. The lowest BCUT2D eigenvalue weighted by atomic mass is 9.80. The molecule has 2 fully saturated rings. The van der Waals surface area contributed by atoms with Gasteiger partial charge >= 0.3 is 0 Å². The second kappa shape index (κ2) is 6.02. The maximum Gasteiger partial charge on any atom is 0.0583 e. The van der Waals surface area contributed by atoms with E-state index in [1.807, 2.05) is 18.5 Å². The van der Waals surface area contributed by atoms with Crippen molar-refractivity contribution in [2.24, 2.45) is 5.92 Å². The summed E-state index contributed by atoms with van der Waals surface area (Å²) in [6.07, 6.45) is 10.9. The van der Waals surface area contributed by atoms with Gasteiger partial charge in [-0.3, -0.25) is 9.88 Å². The molecule has 3 nitrogen and oxygen atoms in total. The van der Waals surface area contributed by atoms with Gasteiger partial charge in [0.05, 0.1) is 6.10 Å². The molecule has 3 atom stereocenters. The van der Waals surface area contributed by atoms with Gasteiger partial charge in [0.15, 0.2) is 0 Å². The number of rotatable bonds is 3. The first kappa shape index (κ1) is 13.1. The molecule has 2 aliphatic rings. The smallest absolute Gasteiger partial charge is 0.0583 e. The normalized spacial score (nSPS) is 32.6. The molecule has 3 heteroatoms. The standard InChI is InChI=1S/C16H24N2O/c19-16-8-2-1-6-14(16)15-7-4-10-18(15)12-13-5-3-9-17-11-13/h3,5,9,11,14-16,19H,1-2,4,6-8,10,12H2. The molecule has 1 saturated heterocycles. The van der Waals surface area contributed by atoms with Gasteiger partial charge in [0, 0.05) is 30.9 Å². The molecule has 1 aliphatic carbocycles. The van der Waals surface area contributed by atoms with Crippen LogP contribution in [0.4, 0.5) is 0 Å². The predicted octanol–water partition coefficient (Wildman–Crippen LogP) is 2.60. The van der Waals surface area contributed by atoms with E-state index in [1.165, 1.54) is 44.2 Å². The minimum absolute atomic E-state index is 0.0757. The number of aliphatic hydroxyl groups is 1. The second-order valence-corrected chi connectivity index (χ2v) is 6.06. The molecule has 0 bridgehead atoms. The van der Waals surface area contributed by atoms with E-state index in [9.17, 15) is 5.11 Å². The molecule has 0 spiro atoms. The minimum Gasteiger partial charge on any atom is -0.393 e. The molecule has 1 aliphatic heterocycles. The number of pyridine rings is 1. The highest BCUT2D eigenvalue weighted by atomic mass is 16.3. The quantitative estimate of drug-likeness (QED) is 0.907. The third-order valence-corrected chi connectivity index (χ3v) is 4.80. The zero-order valence-corrected chi connectivity index (χ0v) is 11.5. The van der Waals surface area contributed by atoms with Crippen LogP contribution in [0.3, 0.4) is 0 Å². The van der Waals surface area contributed by atoms with E-state index < -0.39 is 0 Å². The van der Waals surface area contributed by atoms with Gasteiger partial charge < -0.3 is 5.11 Å². The molecule has 0 amide bonds. The van der Waals surface area contributed by atoms with E-state index in [1.54, 1.807) is 0 Å². The van der Waals surface area contributed by atoms with Crippen molar-refractivity contribution < 1.29 is 5.11 Å². The van der Waals surface area contributed by atoms with E-state index in [0.29, 0.717) is 12.0 Å². The van der Waals surface area contributed by atoms with Crippen LogP contribution in [0.25, 0.3) is 0 Å². The van der Waals surface area contributed by atoms with Gasteiger partial charge in [-0.1, -0.05) is 18.9 Å². The summed E-state index contributed by atoms with van der Waals surface area (Å²) in [6, 6.07) is 4.74. The third-order valence-electron chi connectivity index (χ3n) is 4.80. The van der Waals surface area contributed by atoms with Crippen molar-refractivity contribution in [2.75, 3.05) is 6.54 Å². The van der Waals surface area contributed by atoms with Crippen LogP contribution in [0.15, 0.2) is 24.5 Å². The molecule has 1 aromatic heterocycles. The molecule has 3 rings (SSSR count). The number of likely N-dealkylation sites (tertiary alicyclic amines) is 1. The number of aliphatic hydroxyl groups excluding tert-OH is 1. The lowest BCUT2D eigenvalue weighted by molar-refractivity contribution is 0.0201. The first-order valence-electron chi connectivity index (χ1n) is 7.65. The summed E-state index contributed by atoms with van der Waals surface area (Å²) >= 11 is 0. The van der Waals surface area contributed by atoms with Gasteiger partial charge in [-0.15, -0.1) is 0 Å². The minimum atomic E-state index is -0.0757. The van der Waals surface area contributed by atoms with Crippen molar-refractivity contribution in [3.05, 3.63) is 30.1 Å². The summed E-state index contributed by atoms with van der Waals surface area (Å²) in [5, 5.41) is 10.3. The van der Waals surface area contributed by atoms with E-state index in [4.69, 9.17) is 0 Å². The molecule has 1 N–H and O–H groups in total. The SMILES string of the molecule is OC1CCCCC1C1CCCN1Cc1cccnc1. The van der Waals surface area contributed by atoms with E-state index in [-0.39, 0.29) is 6.10 Å². The Morgan fingerprint density at radius 2 is 2.11 bits per heavy atom. The van der Waals surface area contributed by atoms with Crippen molar-refractivity contribution in [1.29, 1.82) is 0 Å². The lowest BCUT2D eigenvalue weighted by Gasteiger charge is -2.37. The Morgan fingerprint density at radius 1 is 1.21 bits per heavy atom. The van der Waals surface area contributed by atoms with Crippen LogP contribution >= 0.6 is 0 Å². The summed E-state index contributed by atoms with van der Waals surface area (Å²) in [5.74, 6) is 0.493. The van der Waals surface area contributed by atoms with E-state index in [0.717, 1.165) is 13.0 Å². The maximum absolute atomic E-state index is 10.3. The van der Waals surface area contributed by atoms with Crippen LogP contribution in [0.1, 0.15) is 44.1 Å². The molecule has 1 saturated carbocycles. The Bertz CT molecular complexity index is 395. The van der Waals surface area contributed by atoms with Crippen molar-refractivity contribution in [2.45, 2.75) is 57.2 Å². The van der Waals surface area contributed by atoms with Crippen LogP contribution in [-0.2, 0) is 6.54 Å². The fourth-order valence-corrected chi connectivity index (χ4v) is 3.85. The number of aromatic nitrogens is 1. The Morgan fingerprint density at radius 3 is 2.89 bits per heavy atom. The first-order chi connectivity index (χ1) is 9.34. The Labute approximate surface area is 115 Å². The summed E-state index contributed by atoms with van der Waals surface area (Å²) in [4.78, 5) is 6.77. The summed E-state index contributed by atoms with van der Waals surface area (Å²) in [6.45, 7) is 2.16. The van der Waals surface area contributed by atoms with Gasteiger partial charge in [0.25, 0.3) is 0 Å². The Hall–Kier alpha value is -0.930. The maximum atomic E-state index is 10.3. The Kier molecular flexibility index (Phi) is 4.14. The Balaban J connectivity index is 1.67. The van der Waals surface area contributed by atoms with Crippen molar-refractivity contribution in [3.63, 3.8) is 0 Å². The molecule has 0 radical (unpaired) electrons. The molecule has 1 aromatic rings. The molecular formula is C16H24N2O. The highest BCUT2D eigenvalue weighted by molar-refractivity contribution is 5.09. The fraction of sp³-hybridized carbons (Fsp3) is 0.688. The third kappa shape index (κ3) is 2.98. The lowest BCUT2D eigenvalue weighted by Crippen LogP contribution is -2.42. The summed E-state index contributed by atoms with van der Waals surface area (Å²) in [5.41, 5.74) is 1.29. The highest BCUT2D eigenvalue weighted by Crippen LogP contribution is 2.35. The molecular weight excluding hydrogens is 236 g/mol. The van der Waals surface area contributed by atoms with Gasteiger partial charge in [0.1, 0.15) is 0 Å². The number of nitrogens with zero attached hydrogens (tertiary/aromatic N) is 2. The number of hydrogen-bond acceptors (Lipinski definition) is 3. The zero-order chi connectivity index (χ0) is 13.1. The molecule has 104 valence electrons. The topological polar surface area (TPSA) is 36.4 Å². The largest absolute Gasteiger partial charge is 0.393 e. The predicted molar refractivity (Wildman–Crippen MR) is 75.6 cm³/mol. The van der Waals surface area contributed by atoms with Crippen LogP contribution < -0.4 is 0 Å². The van der Waals surface area contributed by atoms with Crippen LogP contribution in [-0.4, -0.2) is 33.7 Å². The van der Waals surface area contributed by atoms with Gasteiger partial charge in [0.2, 0.25) is 0 Å². The second-order valence-electron chi connectivity index (χ2n) is 6.06. The molecule has 0 aromatic carbocycles. The average molecular weight is 260 g/mol. The van der Waals surface area contributed by atoms with Gasteiger partial charge in [-0.25, -0.2) is 0 Å². The molecule has 3 unspecified atom stereocenters. The zero-order valence-electron chi connectivity index (χ0n) is 11.5. The monoisotopic (exact) mass is 260 g/mol. The van der Waals surface area contributed by atoms with Gasteiger partial charge in [-0.05, 0) is 43.9 Å². The highest BCUT2D eigenvalue weighted by Gasteiger charge is 2.36. The van der Waals surface area contributed by atoms with Crippen LogP contribution in [0.2, 0.25) is 0 Å². The average Bonchev–Trinajstić information content (AvgIpc) is 2.88. The van der Waals surface area contributed by atoms with E-state index in [2.05, 4.69) is 16.0 Å². The fourth-order valence-electron chi connectivity index (χ4n) is 3.85. The molecule has 2 heterocycles. The van der Waals surface area contributed by atoms with Gasteiger partial charge in [-0.2, -0.15) is 0 Å². The van der Waals surface area contributed by atoms with Crippen molar-refractivity contribution >= 4 is 0 Å². The van der Waals surface area contributed by atoms with Crippen molar-refractivity contribution in [3.8, 4) is 0 Å². The summed E-state index contributed by atoms with van der Waals surface area (Å²) in [7, 11) is 0. The van der Waals surface area contributed by atoms with Crippen molar-refractivity contribution in [1.82, 2.24) is 9.88 Å². The number of hydrogen-bond donors (Lipinski definition) is 1. The van der Waals surface area contributed by atoms with Crippen LogP contribution in [0, 0.1) is 5.92 Å². The summed E-state index contributed by atoms with van der Waals surface area (Å²) < 4.78 is 0.